The van der Waals surface area contributed by atoms with Crippen LogP contribution in [0.15, 0.2) is 60.7 Å². The molecule has 3 aromatic carbocycles. The third-order valence-electron chi connectivity index (χ3n) is 6.19. The molecule has 0 aliphatic heterocycles. The van der Waals surface area contributed by atoms with Gasteiger partial charge in [0, 0.05) is 34.8 Å². The van der Waals surface area contributed by atoms with Crippen molar-refractivity contribution in [3.63, 3.8) is 0 Å². The molecule has 3 aromatic rings. The number of rotatable bonds is 12. The smallest absolute Gasteiger partial charge is 0.251 e. The van der Waals surface area contributed by atoms with E-state index >= 15 is 0 Å². The van der Waals surface area contributed by atoms with Crippen LogP contribution in [-0.2, 0) is 19.4 Å². The Hall–Kier alpha value is -3.10. The van der Waals surface area contributed by atoms with Crippen molar-refractivity contribution in [2.45, 2.75) is 44.9 Å². The van der Waals surface area contributed by atoms with Crippen LogP contribution >= 0.6 is 11.6 Å². The van der Waals surface area contributed by atoms with Crippen molar-refractivity contribution in [2.75, 3.05) is 20.2 Å². The van der Waals surface area contributed by atoms with E-state index in [0.717, 1.165) is 16.9 Å². The quantitative estimate of drug-likeness (QED) is 0.242. The van der Waals surface area contributed by atoms with Crippen LogP contribution in [0.3, 0.4) is 0 Å². The fraction of sp³-hybridized carbons (Fsp3) is 0.345. The van der Waals surface area contributed by atoms with Crippen molar-refractivity contribution in [3.8, 4) is 11.5 Å². The van der Waals surface area contributed by atoms with E-state index in [2.05, 4.69) is 10.6 Å². The molecule has 0 spiro atoms. The van der Waals surface area contributed by atoms with Gasteiger partial charge in [-0.15, -0.1) is 0 Å². The number of hydrogen-bond acceptors (Lipinski definition) is 6. The van der Waals surface area contributed by atoms with Gasteiger partial charge in [-0.25, -0.2) is 0 Å². The minimum Gasteiger partial charge on any atom is -0.508 e. The topological polar surface area (TPSA) is 111 Å². The maximum Gasteiger partial charge on any atom is 0.251 e. The van der Waals surface area contributed by atoms with Gasteiger partial charge in [-0.3, -0.25) is 4.79 Å². The highest BCUT2D eigenvalue weighted by atomic mass is 35.5. The summed E-state index contributed by atoms with van der Waals surface area (Å²) in [6, 6.07) is 17.6. The number of halogens is 1. The van der Waals surface area contributed by atoms with Crippen LogP contribution in [0, 0.1) is 0 Å². The maximum absolute atomic E-state index is 12.8. The second-order valence-corrected chi connectivity index (χ2v) is 10.1. The highest BCUT2D eigenvalue weighted by Crippen LogP contribution is 2.24. The fourth-order valence-corrected chi connectivity index (χ4v) is 4.38. The van der Waals surface area contributed by atoms with Gasteiger partial charge in [0.05, 0.1) is 19.8 Å². The van der Waals surface area contributed by atoms with Crippen molar-refractivity contribution in [1.29, 1.82) is 0 Å². The Bertz CT molecular complexity index is 1210. The van der Waals surface area contributed by atoms with Gasteiger partial charge in [0.15, 0.2) is 0 Å². The molecule has 198 valence electrons. The van der Waals surface area contributed by atoms with Crippen LogP contribution in [-0.4, -0.2) is 47.0 Å². The van der Waals surface area contributed by atoms with Crippen LogP contribution in [0.25, 0.3) is 0 Å². The Morgan fingerprint density at radius 2 is 1.86 bits per heavy atom. The molecule has 1 atom stereocenters. The zero-order valence-electron chi connectivity index (χ0n) is 21.4. The van der Waals surface area contributed by atoms with Crippen LogP contribution in [0.5, 0.6) is 11.5 Å². The SMILES string of the molecule is COc1ccc(Cl)cc1CCNC(=O)c1cccc(CC(C)(C)NC[C@H](O)c2ccc(O)c(CO)c2)c1. The van der Waals surface area contributed by atoms with Gasteiger partial charge >= 0.3 is 0 Å². The number of phenols is 1. The number of nitrogens with one attached hydrogen (secondary N) is 2. The summed E-state index contributed by atoms with van der Waals surface area (Å²) < 4.78 is 5.37. The third kappa shape index (κ3) is 8.20. The van der Waals surface area contributed by atoms with Gasteiger partial charge in [-0.1, -0.05) is 29.8 Å². The highest BCUT2D eigenvalue weighted by Gasteiger charge is 2.21. The first-order chi connectivity index (χ1) is 17.6. The second kappa shape index (κ2) is 12.9. The molecule has 37 heavy (non-hydrogen) atoms. The van der Waals surface area contributed by atoms with E-state index in [-0.39, 0.29) is 30.3 Å². The molecule has 8 heteroatoms. The number of carbonyl (C=O) groups is 1. The summed E-state index contributed by atoms with van der Waals surface area (Å²) >= 11 is 6.09. The molecule has 0 aliphatic carbocycles. The molecule has 0 saturated carbocycles. The molecule has 0 aromatic heterocycles. The number of hydrogen-bond donors (Lipinski definition) is 5. The number of amides is 1. The lowest BCUT2D eigenvalue weighted by molar-refractivity contribution is 0.0954. The molecule has 0 radical (unpaired) electrons. The Balaban J connectivity index is 1.55. The minimum atomic E-state index is -0.805. The zero-order chi connectivity index (χ0) is 27.0. The number of aliphatic hydroxyl groups is 2. The molecule has 3 rings (SSSR count). The molecule has 0 saturated heterocycles. The predicted octanol–water partition coefficient (Wildman–Crippen LogP) is 4.16. The van der Waals surface area contributed by atoms with Crippen molar-refractivity contribution in [3.05, 3.63) is 93.5 Å². The Labute approximate surface area is 223 Å². The maximum atomic E-state index is 12.8. The monoisotopic (exact) mass is 526 g/mol. The van der Waals surface area contributed by atoms with Crippen molar-refractivity contribution < 1.29 is 24.9 Å². The van der Waals surface area contributed by atoms with Gasteiger partial charge in [-0.2, -0.15) is 0 Å². The van der Waals surface area contributed by atoms with Crippen molar-refractivity contribution in [2.24, 2.45) is 0 Å². The molecule has 1 amide bonds. The average Bonchev–Trinajstić information content (AvgIpc) is 2.87. The lowest BCUT2D eigenvalue weighted by atomic mass is 9.93. The average molecular weight is 527 g/mol. The molecule has 0 bridgehead atoms. The van der Waals surface area contributed by atoms with Crippen LogP contribution in [0.1, 0.15) is 52.6 Å². The molecule has 5 N–H and O–H groups in total. The van der Waals surface area contributed by atoms with E-state index in [4.69, 9.17) is 16.3 Å². The molecule has 0 aliphatic rings. The number of β-amino-alcohol motifs (C(OH)–C–C–N with tert-alkyl or cyclic N) is 1. The van der Waals surface area contributed by atoms with Crippen LogP contribution in [0.4, 0.5) is 0 Å². The van der Waals surface area contributed by atoms with Crippen molar-refractivity contribution in [1.82, 2.24) is 10.6 Å². The van der Waals surface area contributed by atoms with Gasteiger partial charge in [0.2, 0.25) is 0 Å². The van der Waals surface area contributed by atoms with E-state index in [1.807, 2.05) is 44.2 Å². The van der Waals surface area contributed by atoms with Gasteiger partial charge in [-0.05, 0) is 85.8 Å². The van der Waals surface area contributed by atoms with E-state index in [9.17, 15) is 20.1 Å². The molecule has 7 nitrogen and oxygen atoms in total. The first-order valence-electron chi connectivity index (χ1n) is 12.2. The Kier molecular flexibility index (Phi) is 9.94. The lowest BCUT2D eigenvalue weighted by Crippen LogP contribution is -2.43. The zero-order valence-corrected chi connectivity index (χ0v) is 22.2. The number of aliphatic hydroxyl groups excluding tert-OH is 2. The third-order valence-corrected chi connectivity index (χ3v) is 6.43. The summed E-state index contributed by atoms with van der Waals surface area (Å²) in [5.41, 5.74) is 3.11. The van der Waals surface area contributed by atoms with Crippen molar-refractivity contribution >= 4 is 17.5 Å². The number of ether oxygens (including phenoxy) is 1. The highest BCUT2D eigenvalue weighted by molar-refractivity contribution is 6.30. The first-order valence-corrected chi connectivity index (χ1v) is 12.5. The standard InChI is InChI=1S/C29H35ClN2O5/c1-29(2,32-17-26(35)20-7-9-25(34)23(14-20)18-33)16-19-5-4-6-22(13-19)28(36)31-12-11-21-15-24(30)8-10-27(21)37-3/h4-10,13-15,26,32-35H,11-12,16-18H2,1-3H3,(H,31,36)/t26-/m0/s1. The minimum absolute atomic E-state index is 0.000142. The summed E-state index contributed by atoms with van der Waals surface area (Å²) in [6.07, 6.45) is 0.424. The van der Waals surface area contributed by atoms with Gasteiger partial charge in [0.25, 0.3) is 5.91 Å². The number of benzene rings is 3. The summed E-state index contributed by atoms with van der Waals surface area (Å²) in [6.45, 7) is 4.49. The Morgan fingerprint density at radius 1 is 1.08 bits per heavy atom. The summed E-state index contributed by atoms with van der Waals surface area (Å²) in [7, 11) is 1.61. The normalized spacial score (nSPS) is 12.3. The summed E-state index contributed by atoms with van der Waals surface area (Å²) in [4.78, 5) is 12.8. The first kappa shape index (κ1) is 28.5. The van der Waals surface area contributed by atoms with E-state index < -0.39 is 6.10 Å². The number of aromatic hydroxyl groups is 1. The molecule has 0 heterocycles. The summed E-state index contributed by atoms with van der Waals surface area (Å²) in [5, 5.41) is 36.6. The molecular formula is C29H35ClN2O5. The van der Waals surface area contributed by atoms with Crippen LogP contribution in [0.2, 0.25) is 5.02 Å². The van der Waals surface area contributed by atoms with E-state index in [0.29, 0.717) is 41.1 Å². The van der Waals surface area contributed by atoms with Gasteiger partial charge < -0.3 is 30.7 Å². The van der Waals surface area contributed by atoms with E-state index in [1.54, 1.807) is 31.4 Å². The van der Waals surface area contributed by atoms with E-state index in [1.165, 1.54) is 6.07 Å². The molecule has 0 unspecified atom stereocenters. The predicted molar refractivity (Wildman–Crippen MR) is 145 cm³/mol. The number of methoxy groups -OCH3 is 1. The largest absolute Gasteiger partial charge is 0.508 e. The molecule has 0 fully saturated rings. The summed E-state index contributed by atoms with van der Waals surface area (Å²) in [5.74, 6) is 0.579. The lowest BCUT2D eigenvalue weighted by Gasteiger charge is -2.28. The Morgan fingerprint density at radius 3 is 2.59 bits per heavy atom. The fourth-order valence-electron chi connectivity index (χ4n) is 4.18. The number of carbonyl (C=O) groups excluding carboxylic acids is 1. The van der Waals surface area contributed by atoms with Gasteiger partial charge in [0.1, 0.15) is 11.5 Å². The second-order valence-electron chi connectivity index (χ2n) is 9.67. The van der Waals surface area contributed by atoms with Crippen LogP contribution < -0.4 is 15.4 Å². The molecular weight excluding hydrogens is 492 g/mol.